The van der Waals surface area contributed by atoms with Crippen LogP contribution in [-0.4, -0.2) is 43.9 Å². The van der Waals surface area contributed by atoms with Crippen LogP contribution < -0.4 is 10.0 Å². The molecule has 114 valence electrons. The predicted molar refractivity (Wildman–Crippen MR) is 75.1 cm³/mol. The first kappa shape index (κ1) is 18.3. The third-order valence-electron chi connectivity index (χ3n) is 2.55. The highest BCUT2D eigenvalue weighted by Gasteiger charge is 2.22. The van der Waals surface area contributed by atoms with E-state index in [1.54, 1.807) is 6.92 Å². The number of carbonyl (C=O) groups is 1. The van der Waals surface area contributed by atoms with Gasteiger partial charge < -0.3 is 10.4 Å². The molecule has 6 nitrogen and oxygen atoms in total. The van der Waals surface area contributed by atoms with E-state index < -0.39 is 22.0 Å². The van der Waals surface area contributed by atoms with Crippen LogP contribution in [0.4, 0.5) is 0 Å². The summed E-state index contributed by atoms with van der Waals surface area (Å²) in [5, 5.41) is 11.8. The Morgan fingerprint density at radius 2 is 1.84 bits per heavy atom. The van der Waals surface area contributed by atoms with E-state index in [4.69, 9.17) is 5.11 Å². The SMILES string of the molecule is CCCS(=O)(=O)NC(C)C(=O)NC(CO)CC(C)C. The first-order chi connectivity index (χ1) is 8.71. The summed E-state index contributed by atoms with van der Waals surface area (Å²) in [6.07, 6.45) is 1.15. The molecule has 7 heteroatoms. The molecule has 0 aromatic carbocycles. The maximum atomic E-state index is 11.8. The number of amides is 1. The lowest BCUT2D eigenvalue weighted by molar-refractivity contribution is -0.123. The number of rotatable bonds is 9. The number of hydrogen-bond acceptors (Lipinski definition) is 4. The van der Waals surface area contributed by atoms with Gasteiger partial charge in [0.05, 0.1) is 24.4 Å². The van der Waals surface area contributed by atoms with Crippen molar-refractivity contribution < 1.29 is 18.3 Å². The van der Waals surface area contributed by atoms with E-state index in [1.165, 1.54) is 6.92 Å². The quantitative estimate of drug-likeness (QED) is 0.567. The van der Waals surface area contributed by atoms with Crippen molar-refractivity contribution >= 4 is 15.9 Å². The van der Waals surface area contributed by atoms with Crippen LogP contribution in [-0.2, 0) is 14.8 Å². The molecule has 0 saturated carbocycles. The first-order valence-corrected chi connectivity index (χ1v) is 8.28. The number of sulfonamides is 1. The molecule has 19 heavy (non-hydrogen) atoms. The van der Waals surface area contributed by atoms with Crippen molar-refractivity contribution in [2.45, 2.75) is 52.6 Å². The van der Waals surface area contributed by atoms with Gasteiger partial charge >= 0.3 is 0 Å². The Morgan fingerprint density at radius 1 is 1.26 bits per heavy atom. The maximum absolute atomic E-state index is 11.8. The van der Waals surface area contributed by atoms with Crippen LogP contribution in [0.15, 0.2) is 0 Å². The summed E-state index contributed by atoms with van der Waals surface area (Å²) >= 11 is 0. The van der Waals surface area contributed by atoms with Gasteiger partial charge in [-0.2, -0.15) is 0 Å². The largest absolute Gasteiger partial charge is 0.394 e. The standard InChI is InChI=1S/C12H26N2O4S/c1-5-6-19(17,18)14-10(4)12(16)13-11(8-15)7-9(2)3/h9-11,14-15H,5-8H2,1-4H3,(H,13,16). The Morgan fingerprint density at radius 3 is 2.26 bits per heavy atom. The molecule has 0 aliphatic rings. The van der Waals surface area contributed by atoms with E-state index in [0.29, 0.717) is 18.8 Å². The van der Waals surface area contributed by atoms with E-state index in [1.807, 2.05) is 13.8 Å². The molecule has 1 amide bonds. The molecule has 0 aromatic rings. The summed E-state index contributed by atoms with van der Waals surface area (Å²) < 4.78 is 25.4. The normalized spacial score (nSPS) is 15.3. The minimum absolute atomic E-state index is 0.0000423. The minimum Gasteiger partial charge on any atom is -0.394 e. The van der Waals surface area contributed by atoms with Gasteiger partial charge in [-0.25, -0.2) is 13.1 Å². The summed E-state index contributed by atoms with van der Waals surface area (Å²) in [5.41, 5.74) is 0. The number of nitrogens with one attached hydrogen (secondary N) is 2. The first-order valence-electron chi connectivity index (χ1n) is 6.63. The van der Waals surface area contributed by atoms with Crippen LogP contribution in [0.3, 0.4) is 0 Å². The fraction of sp³-hybridized carbons (Fsp3) is 0.917. The van der Waals surface area contributed by atoms with E-state index in [0.717, 1.165) is 0 Å². The summed E-state index contributed by atoms with van der Waals surface area (Å²) in [7, 11) is -3.41. The van der Waals surface area contributed by atoms with Gasteiger partial charge in [0, 0.05) is 0 Å². The molecule has 3 N–H and O–H groups in total. The van der Waals surface area contributed by atoms with Gasteiger partial charge in [0.1, 0.15) is 0 Å². The van der Waals surface area contributed by atoms with E-state index in [-0.39, 0.29) is 18.4 Å². The molecule has 0 aliphatic heterocycles. The second-order valence-electron chi connectivity index (χ2n) is 5.18. The zero-order valence-corrected chi connectivity index (χ0v) is 13.0. The zero-order valence-electron chi connectivity index (χ0n) is 12.1. The lowest BCUT2D eigenvalue weighted by atomic mass is 10.0. The summed E-state index contributed by atoms with van der Waals surface area (Å²) in [4.78, 5) is 11.8. The van der Waals surface area contributed by atoms with E-state index in [9.17, 15) is 13.2 Å². The molecule has 2 unspecified atom stereocenters. The van der Waals surface area contributed by atoms with Crippen LogP contribution in [0.2, 0.25) is 0 Å². The smallest absolute Gasteiger partial charge is 0.238 e. The van der Waals surface area contributed by atoms with Crippen molar-refractivity contribution in [2.24, 2.45) is 5.92 Å². The fourth-order valence-electron chi connectivity index (χ4n) is 1.72. The molecule has 0 heterocycles. The highest BCUT2D eigenvalue weighted by atomic mass is 32.2. The highest BCUT2D eigenvalue weighted by molar-refractivity contribution is 7.89. The topological polar surface area (TPSA) is 95.5 Å². The maximum Gasteiger partial charge on any atom is 0.238 e. The molecule has 0 fully saturated rings. The second kappa shape index (κ2) is 8.50. The molecular weight excluding hydrogens is 268 g/mol. The number of hydrogen-bond donors (Lipinski definition) is 3. The molecule has 0 spiro atoms. The third-order valence-corrected chi connectivity index (χ3v) is 4.20. The van der Waals surface area contributed by atoms with Crippen molar-refractivity contribution in [2.75, 3.05) is 12.4 Å². The third kappa shape index (κ3) is 8.18. The number of carbonyl (C=O) groups excluding carboxylic acids is 1. The summed E-state index contributed by atoms with van der Waals surface area (Å²) in [6.45, 7) is 7.07. The second-order valence-corrected chi connectivity index (χ2v) is 7.05. The van der Waals surface area contributed by atoms with Crippen LogP contribution in [0.25, 0.3) is 0 Å². The van der Waals surface area contributed by atoms with Gasteiger partial charge in [-0.15, -0.1) is 0 Å². The average molecular weight is 294 g/mol. The van der Waals surface area contributed by atoms with Gasteiger partial charge in [0.2, 0.25) is 15.9 Å². The minimum atomic E-state index is -3.41. The monoisotopic (exact) mass is 294 g/mol. The molecule has 2 atom stereocenters. The van der Waals surface area contributed by atoms with Crippen molar-refractivity contribution in [3.05, 3.63) is 0 Å². The van der Waals surface area contributed by atoms with Crippen molar-refractivity contribution in [3.8, 4) is 0 Å². The fourth-order valence-corrected chi connectivity index (χ4v) is 3.03. The van der Waals surface area contributed by atoms with Crippen LogP contribution in [0.1, 0.15) is 40.5 Å². The molecule has 0 aliphatic carbocycles. The summed E-state index contributed by atoms with van der Waals surface area (Å²) in [6, 6.07) is -1.18. The van der Waals surface area contributed by atoms with Crippen LogP contribution in [0, 0.1) is 5.92 Å². The number of aliphatic hydroxyl groups is 1. The van der Waals surface area contributed by atoms with Gasteiger partial charge in [0.25, 0.3) is 0 Å². The van der Waals surface area contributed by atoms with Crippen LogP contribution >= 0.6 is 0 Å². The Balaban J connectivity index is 4.40. The van der Waals surface area contributed by atoms with Gasteiger partial charge in [0.15, 0.2) is 0 Å². The zero-order chi connectivity index (χ0) is 15.1. The molecule has 0 bridgehead atoms. The van der Waals surface area contributed by atoms with E-state index in [2.05, 4.69) is 10.0 Å². The molecule has 0 aromatic heterocycles. The lowest BCUT2D eigenvalue weighted by Crippen LogP contribution is -2.49. The summed E-state index contributed by atoms with van der Waals surface area (Å²) in [5.74, 6) is -0.0797. The highest BCUT2D eigenvalue weighted by Crippen LogP contribution is 2.04. The lowest BCUT2D eigenvalue weighted by Gasteiger charge is -2.21. The Bertz CT molecular complexity index is 368. The van der Waals surface area contributed by atoms with Gasteiger partial charge in [-0.3, -0.25) is 4.79 Å². The van der Waals surface area contributed by atoms with Crippen molar-refractivity contribution in [1.29, 1.82) is 0 Å². The van der Waals surface area contributed by atoms with Crippen molar-refractivity contribution in [3.63, 3.8) is 0 Å². The number of aliphatic hydroxyl groups excluding tert-OH is 1. The van der Waals surface area contributed by atoms with Crippen molar-refractivity contribution in [1.82, 2.24) is 10.0 Å². The molecule has 0 rings (SSSR count). The van der Waals surface area contributed by atoms with Crippen LogP contribution in [0.5, 0.6) is 0 Å². The molecular formula is C12H26N2O4S. The average Bonchev–Trinajstić information content (AvgIpc) is 2.26. The Labute approximate surface area is 116 Å². The van der Waals surface area contributed by atoms with Gasteiger partial charge in [-0.1, -0.05) is 20.8 Å². The molecule has 0 saturated heterocycles. The molecule has 0 radical (unpaired) electrons. The Hall–Kier alpha value is -0.660. The Kier molecular flexibility index (Phi) is 8.20. The van der Waals surface area contributed by atoms with Gasteiger partial charge in [-0.05, 0) is 25.7 Å². The predicted octanol–water partition coefficient (Wildman–Crippen LogP) is 0.228. The van der Waals surface area contributed by atoms with E-state index >= 15 is 0 Å².